The van der Waals surface area contributed by atoms with Crippen molar-refractivity contribution in [2.45, 2.75) is 19.4 Å². The van der Waals surface area contributed by atoms with E-state index in [1.165, 1.54) is 4.88 Å². The first-order chi connectivity index (χ1) is 10.1. The number of anilines is 1. The molecule has 6 heteroatoms. The molecule has 1 aromatic carbocycles. The molecule has 1 atom stereocenters. The molecule has 0 aliphatic rings. The summed E-state index contributed by atoms with van der Waals surface area (Å²) in [6, 6.07) is 9.93. The molecule has 0 saturated carbocycles. The Labute approximate surface area is 136 Å². The Morgan fingerprint density at radius 2 is 2.10 bits per heavy atom. The van der Waals surface area contributed by atoms with Crippen molar-refractivity contribution >= 4 is 38.9 Å². The van der Waals surface area contributed by atoms with Gasteiger partial charge in [0, 0.05) is 15.0 Å². The normalized spacial score (nSPS) is 11.9. The first-order valence-electron chi connectivity index (χ1n) is 6.57. The number of primary amides is 1. The highest BCUT2D eigenvalue weighted by Gasteiger charge is 2.10. The fourth-order valence-electron chi connectivity index (χ4n) is 1.85. The Hall–Kier alpha value is -1.53. The van der Waals surface area contributed by atoms with Gasteiger partial charge in [0.25, 0.3) is 0 Å². The van der Waals surface area contributed by atoms with Gasteiger partial charge in [-0.05, 0) is 58.6 Å². The lowest BCUT2D eigenvalue weighted by molar-refractivity contribution is -0.118. The molecular formula is C15H17BrN2O2S. The molecule has 4 nitrogen and oxygen atoms in total. The van der Waals surface area contributed by atoms with Crippen molar-refractivity contribution < 1.29 is 9.53 Å². The predicted molar refractivity (Wildman–Crippen MR) is 89.8 cm³/mol. The highest BCUT2D eigenvalue weighted by molar-refractivity contribution is 9.10. The van der Waals surface area contributed by atoms with E-state index in [-0.39, 0.29) is 18.4 Å². The minimum absolute atomic E-state index is 0.223. The Morgan fingerprint density at radius 3 is 2.67 bits per heavy atom. The van der Waals surface area contributed by atoms with Crippen LogP contribution in [0, 0.1) is 0 Å². The van der Waals surface area contributed by atoms with Crippen molar-refractivity contribution in [1.29, 1.82) is 0 Å². The number of halogens is 1. The third-order valence-electron chi connectivity index (χ3n) is 2.89. The topological polar surface area (TPSA) is 64.3 Å². The zero-order chi connectivity index (χ0) is 15.2. The summed E-state index contributed by atoms with van der Waals surface area (Å²) >= 11 is 5.26. The molecule has 2 aromatic rings. The van der Waals surface area contributed by atoms with Gasteiger partial charge in [0.15, 0.2) is 0 Å². The maximum absolute atomic E-state index is 10.6. The number of carbonyl (C=O) groups is 1. The van der Waals surface area contributed by atoms with E-state index >= 15 is 0 Å². The van der Waals surface area contributed by atoms with Crippen LogP contribution >= 0.6 is 27.3 Å². The number of amides is 1. The van der Waals surface area contributed by atoms with Crippen molar-refractivity contribution in [3.63, 3.8) is 0 Å². The highest BCUT2D eigenvalue weighted by Crippen LogP contribution is 2.31. The van der Waals surface area contributed by atoms with Crippen LogP contribution in [0.15, 0.2) is 40.2 Å². The molecule has 21 heavy (non-hydrogen) atoms. The lowest BCUT2D eigenvalue weighted by Gasteiger charge is -2.15. The van der Waals surface area contributed by atoms with Gasteiger partial charge in [-0.3, -0.25) is 4.79 Å². The Balaban J connectivity index is 1.90. The van der Waals surface area contributed by atoms with Crippen LogP contribution in [0.2, 0.25) is 0 Å². The molecular weight excluding hydrogens is 352 g/mol. The van der Waals surface area contributed by atoms with Crippen molar-refractivity contribution in [1.82, 2.24) is 0 Å². The molecule has 112 valence electrons. The SMILES string of the molecule is CC(Nc1ccc(OCCC(N)=O)cc1)c1sccc1Br. The van der Waals surface area contributed by atoms with Crippen LogP contribution in [0.5, 0.6) is 5.75 Å². The van der Waals surface area contributed by atoms with E-state index in [1.807, 2.05) is 30.3 Å². The maximum Gasteiger partial charge on any atom is 0.220 e. The number of rotatable bonds is 7. The molecule has 0 bridgehead atoms. The predicted octanol–water partition coefficient (Wildman–Crippen LogP) is 3.94. The van der Waals surface area contributed by atoms with Gasteiger partial charge < -0.3 is 15.8 Å². The monoisotopic (exact) mass is 368 g/mol. The average molecular weight is 369 g/mol. The van der Waals surface area contributed by atoms with Crippen LogP contribution in [0.25, 0.3) is 0 Å². The van der Waals surface area contributed by atoms with Crippen molar-refractivity contribution in [3.8, 4) is 5.75 Å². The maximum atomic E-state index is 10.6. The largest absolute Gasteiger partial charge is 0.493 e. The first-order valence-corrected chi connectivity index (χ1v) is 8.24. The van der Waals surface area contributed by atoms with Crippen LogP contribution in [-0.4, -0.2) is 12.5 Å². The second kappa shape index (κ2) is 7.47. The van der Waals surface area contributed by atoms with E-state index < -0.39 is 0 Å². The number of hydrogen-bond donors (Lipinski definition) is 2. The zero-order valence-corrected chi connectivity index (χ0v) is 14.0. The van der Waals surface area contributed by atoms with E-state index in [2.05, 4.69) is 33.6 Å². The van der Waals surface area contributed by atoms with Gasteiger partial charge in [0.1, 0.15) is 5.75 Å². The van der Waals surface area contributed by atoms with Crippen LogP contribution in [0.1, 0.15) is 24.3 Å². The van der Waals surface area contributed by atoms with Gasteiger partial charge in [0.05, 0.1) is 19.1 Å². The third-order valence-corrected chi connectivity index (χ3v) is 4.95. The second-order valence-corrected chi connectivity index (χ2v) is 6.39. The van der Waals surface area contributed by atoms with Gasteiger partial charge >= 0.3 is 0 Å². The molecule has 2 rings (SSSR count). The van der Waals surface area contributed by atoms with Gasteiger partial charge in [-0.25, -0.2) is 0 Å². The van der Waals surface area contributed by atoms with Gasteiger partial charge in [0.2, 0.25) is 5.91 Å². The van der Waals surface area contributed by atoms with E-state index in [0.717, 1.165) is 15.9 Å². The molecule has 0 fully saturated rings. The summed E-state index contributed by atoms with van der Waals surface area (Å²) in [7, 11) is 0. The lowest BCUT2D eigenvalue weighted by atomic mass is 10.2. The molecule has 1 aromatic heterocycles. The number of ether oxygens (including phenoxy) is 1. The highest BCUT2D eigenvalue weighted by atomic mass is 79.9. The lowest BCUT2D eigenvalue weighted by Crippen LogP contribution is -2.14. The van der Waals surface area contributed by atoms with E-state index in [4.69, 9.17) is 10.5 Å². The number of carbonyl (C=O) groups excluding carboxylic acids is 1. The average Bonchev–Trinajstić information content (AvgIpc) is 2.87. The summed E-state index contributed by atoms with van der Waals surface area (Å²) in [6.45, 7) is 2.43. The molecule has 0 spiro atoms. The molecule has 1 amide bonds. The van der Waals surface area contributed by atoms with E-state index in [1.54, 1.807) is 11.3 Å². The first kappa shape index (κ1) is 15.9. The summed E-state index contributed by atoms with van der Waals surface area (Å²) in [4.78, 5) is 11.9. The van der Waals surface area contributed by atoms with Gasteiger partial charge in [-0.15, -0.1) is 11.3 Å². The summed E-state index contributed by atoms with van der Waals surface area (Å²) in [6.07, 6.45) is 0.226. The molecule has 3 N–H and O–H groups in total. The number of nitrogens with two attached hydrogens (primary N) is 1. The van der Waals surface area contributed by atoms with Crippen molar-refractivity contribution in [2.24, 2.45) is 5.73 Å². The van der Waals surface area contributed by atoms with Crippen LogP contribution in [0.4, 0.5) is 5.69 Å². The quantitative estimate of drug-likeness (QED) is 0.777. The van der Waals surface area contributed by atoms with Gasteiger partial charge in [-0.1, -0.05) is 0 Å². The van der Waals surface area contributed by atoms with Crippen molar-refractivity contribution in [3.05, 3.63) is 45.1 Å². The molecule has 0 saturated heterocycles. The number of benzene rings is 1. The standard InChI is InChI=1S/C15H17BrN2O2S/c1-10(15-13(16)7-9-21-15)18-11-2-4-12(5-3-11)20-8-6-14(17)19/h2-5,7,9-10,18H,6,8H2,1H3,(H2,17,19). The van der Waals surface area contributed by atoms with Crippen LogP contribution < -0.4 is 15.8 Å². The molecule has 1 unspecified atom stereocenters. The molecule has 0 aliphatic carbocycles. The molecule has 0 radical (unpaired) electrons. The molecule has 1 heterocycles. The summed E-state index contributed by atoms with van der Waals surface area (Å²) in [5.41, 5.74) is 6.08. The Bertz CT molecular complexity index is 598. The number of nitrogens with one attached hydrogen (secondary N) is 1. The van der Waals surface area contributed by atoms with Crippen LogP contribution in [0.3, 0.4) is 0 Å². The summed E-state index contributed by atoms with van der Waals surface area (Å²) in [5.74, 6) is 0.371. The number of thiophene rings is 1. The second-order valence-electron chi connectivity index (χ2n) is 4.59. The Kier molecular flexibility index (Phi) is 5.64. The van der Waals surface area contributed by atoms with Crippen molar-refractivity contribution in [2.75, 3.05) is 11.9 Å². The number of hydrogen-bond acceptors (Lipinski definition) is 4. The summed E-state index contributed by atoms with van der Waals surface area (Å²) in [5, 5.41) is 5.50. The third kappa shape index (κ3) is 4.75. The fraction of sp³-hybridized carbons (Fsp3) is 0.267. The Morgan fingerprint density at radius 1 is 1.38 bits per heavy atom. The van der Waals surface area contributed by atoms with Crippen LogP contribution in [-0.2, 0) is 4.79 Å². The fourth-order valence-corrected chi connectivity index (χ4v) is 3.57. The molecule has 0 aliphatic heterocycles. The zero-order valence-electron chi connectivity index (χ0n) is 11.6. The minimum atomic E-state index is -0.358. The summed E-state index contributed by atoms with van der Waals surface area (Å²) < 4.78 is 6.56. The minimum Gasteiger partial charge on any atom is -0.493 e. The smallest absolute Gasteiger partial charge is 0.220 e. The van der Waals surface area contributed by atoms with E-state index in [9.17, 15) is 4.79 Å². The van der Waals surface area contributed by atoms with E-state index in [0.29, 0.717) is 6.61 Å². The van der Waals surface area contributed by atoms with Gasteiger partial charge in [-0.2, -0.15) is 0 Å².